The van der Waals surface area contributed by atoms with Crippen molar-refractivity contribution in [2.45, 2.75) is 25.2 Å². The summed E-state index contributed by atoms with van der Waals surface area (Å²) < 4.78 is 13.0. The van der Waals surface area contributed by atoms with E-state index in [1.807, 2.05) is 36.2 Å². The van der Waals surface area contributed by atoms with Gasteiger partial charge in [0.1, 0.15) is 11.5 Å². The van der Waals surface area contributed by atoms with Crippen molar-refractivity contribution < 1.29 is 13.9 Å². The second-order valence-electron chi connectivity index (χ2n) is 7.14. The molecule has 0 N–H and O–H groups in total. The Morgan fingerprint density at radius 3 is 2.82 bits per heavy atom. The first-order valence-electron chi connectivity index (χ1n) is 9.48. The van der Waals surface area contributed by atoms with Crippen molar-refractivity contribution in [3.63, 3.8) is 0 Å². The van der Waals surface area contributed by atoms with Crippen LogP contribution in [0.5, 0.6) is 5.75 Å². The van der Waals surface area contributed by atoms with Crippen molar-refractivity contribution >= 4 is 5.91 Å². The number of nitrogens with zero attached hydrogens (tertiary/aromatic N) is 4. The number of aromatic nitrogens is 3. The number of carbonyl (C=O) groups is 1. The number of imidazole rings is 1. The number of ether oxygens (including phenoxy) is 1. The molecule has 3 aromatic rings. The molecule has 1 atom stereocenters. The van der Waals surface area contributed by atoms with Crippen LogP contribution >= 0.6 is 0 Å². The van der Waals surface area contributed by atoms with Crippen molar-refractivity contribution in [3.05, 3.63) is 65.9 Å². The number of amides is 1. The van der Waals surface area contributed by atoms with Gasteiger partial charge in [-0.2, -0.15) is 0 Å². The summed E-state index contributed by atoms with van der Waals surface area (Å²) in [6.07, 6.45) is 7.80. The van der Waals surface area contributed by atoms with E-state index in [4.69, 9.17) is 9.15 Å². The van der Waals surface area contributed by atoms with Crippen molar-refractivity contribution in [1.82, 2.24) is 19.4 Å². The summed E-state index contributed by atoms with van der Waals surface area (Å²) in [5.41, 5.74) is 1.14. The summed E-state index contributed by atoms with van der Waals surface area (Å²) in [5.74, 6) is 2.91. The molecule has 1 saturated heterocycles. The van der Waals surface area contributed by atoms with E-state index in [-0.39, 0.29) is 11.8 Å². The summed E-state index contributed by atoms with van der Waals surface area (Å²) in [6.45, 7) is 1.34. The fourth-order valence-electron chi connectivity index (χ4n) is 3.61. The molecule has 0 saturated carbocycles. The van der Waals surface area contributed by atoms with E-state index in [1.165, 1.54) is 0 Å². The van der Waals surface area contributed by atoms with Gasteiger partial charge < -0.3 is 18.6 Å². The maximum Gasteiger partial charge on any atom is 0.289 e. The third-order valence-corrected chi connectivity index (χ3v) is 5.18. The SMILES string of the molecule is COc1ccc(Cc2cnc(C3CCCN(C(=O)c4nccn4C)C3)o2)cc1. The number of piperidine rings is 1. The Bertz CT molecular complexity index is 945. The molecular formula is C21H24N4O3. The van der Waals surface area contributed by atoms with Crippen molar-refractivity contribution in [2.75, 3.05) is 20.2 Å². The number of hydrogen-bond acceptors (Lipinski definition) is 5. The van der Waals surface area contributed by atoms with E-state index in [9.17, 15) is 4.79 Å². The number of methoxy groups -OCH3 is 1. The lowest BCUT2D eigenvalue weighted by Crippen LogP contribution is -2.40. The van der Waals surface area contributed by atoms with Gasteiger partial charge in [0.25, 0.3) is 5.91 Å². The van der Waals surface area contributed by atoms with Gasteiger partial charge in [0.2, 0.25) is 0 Å². The van der Waals surface area contributed by atoms with Gasteiger partial charge in [-0.3, -0.25) is 4.79 Å². The van der Waals surface area contributed by atoms with Crippen LogP contribution in [0.4, 0.5) is 0 Å². The molecule has 1 aliphatic heterocycles. The Morgan fingerprint density at radius 2 is 2.11 bits per heavy atom. The average molecular weight is 380 g/mol. The Labute approximate surface area is 164 Å². The molecule has 7 nitrogen and oxygen atoms in total. The molecule has 1 fully saturated rings. The highest BCUT2D eigenvalue weighted by atomic mass is 16.5. The zero-order valence-corrected chi connectivity index (χ0v) is 16.2. The summed E-state index contributed by atoms with van der Waals surface area (Å²) in [5, 5.41) is 0. The number of oxazole rings is 1. The predicted molar refractivity (Wildman–Crippen MR) is 103 cm³/mol. The first-order chi connectivity index (χ1) is 13.6. The lowest BCUT2D eigenvalue weighted by molar-refractivity contribution is 0.0682. The number of hydrogen-bond donors (Lipinski definition) is 0. The molecule has 1 aliphatic rings. The highest BCUT2D eigenvalue weighted by Crippen LogP contribution is 2.28. The van der Waals surface area contributed by atoms with Crippen LogP contribution in [0.15, 0.2) is 47.3 Å². The molecule has 0 radical (unpaired) electrons. The molecule has 3 heterocycles. The third-order valence-electron chi connectivity index (χ3n) is 5.18. The average Bonchev–Trinajstić information content (AvgIpc) is 3.37. The number of aryl methyl sites for hydroxylation is 1. The lowest BCUT2D eigenvalue weighted by Gasteiger charge is -2.31. The minimum absolute atomic E-state index is 0.0396. The first-order valence-corrected chi connectivity index (χ1v) is 9.48. The van der Waals surface area contributed by atoms with E-state index in [2.05, 4.69) is 9.97 Å². The summed E-state index contributed by atoms with van der Waals surface area (Å²) in [6, 6.07) is 7.92. The normalized spacial score (nSPS) is 16.9. The van der Waals surface area contributed by atoms with E-state index in [0.29, 0.717) is 24.7 Å². The molecule has 0 aliphatic carbocycles. The smallest absolute Gasteiger partial charge is 0.289 e. The number of benzene rings is 1. The van der Waals surface area contributed by atoms with Gasteiger partial charge in [-0.15, -0.1) is 0 Å². The Kier molecular flexibility index (Phi) is 5.14. The maximum atomic E-state index is 12.7. The monoisotopic (exact) mass is 380 g/mol. The molecule has 1 amide bonds. The Hall–Kier alpha value is -3.09. The van der Waals surface area contributed by atoms with Crippen LogP contribution in [0.25, 0.3) is 0 Å². The number of carbonyl (C=O) groups excluding carboxylic acids is 1. The number of rotatable bonds is 5. The molecule has 0 spiro atoms. The molecular weight excluding hydrogens is 356 g/mol. The molecule has 2 aromatic heterocycles. The second kappa shape index (κ2) is 7.88. The minimum atomic E-state index is -0.0396. The summed E-state index contributed by atoms with van der Waals surface area (Å²) in [7, 11) is 3.49. The molecule has 7 heteroatoms. The second-order valence-corrected chi connectivity index (χ2v) is 7.14. The third kappa shape index (κ3) is 3.78. The largest absolute Gasteiger partial charge is 0.497 e. The molecule has 4 rings (SSSR count). The van der Waals surface area contributed by atoms with E-state index in [1.54, 1.807) is 30.3 Å². The number of likely N-dealkylation sites (tertiary alicyclic amines) is 1. The maximum absolute atomic E-state index is 12.7. The minimum Gasteiger partial charge on any atom is -0.497 e. The highest BCUT2D eigenvalue weighted by Gasteiger charge is 2.29. The van der Waals surface area contributed by atoms with Gasteiger partial charge in [0.05, 0.1) is 19.2 Å². The van der Waals surface area contributed by atoms with Crippen LogP contribution in [-0.2, 0) is 13.5 Å². The zero-order valence-electron chi connectivity index (χ0n) is 16.2. The van der Waals surface area contributed by atoms with Crippen molar-refractivity contribution in [3.8, 4) is 5.75 Å². The van der Waals surface area contributed by atoms with Gasteiger partial charge in [-0.05, 0) is 30.5 Å². The van der Waals surface area contributed by atoms with Crippen LogP contribution in [0.3, 0.4) is 0 Å². The van der Waals surface area contributed by atoms with Crippen LogP contribution < -0.4 is 4.74 Å². The van der Waals surface area contributed by atoms with Crippen molar-refractivity contribution in [1.29, 1.82) is 0 Å². The van der Waals surface area contributed by atoms with E-state index >= 15 is 0 Å². The summed E-state index contributed by atoms with van der Waals surface area (Å²) >= 11 is 0. The first kappa shape index (κ1) is 18.3. The van der Waals surface area contributed by atoms with E-state index in [0.717, 1.165) is 36.5 Å². The quantitative estimate of drug-likeness (QED) is 0.680. The standard InChI is InChI=1S/C21H24N4O3/c1-24-11-9-22-19(24)21(26)25-10-3-4-16(14-25)20-23-13-18(28-20)12-15-5-7-17(27-2)8-6-15/h5-9,11,13,16H,3-4,10,12,14H2,1-2H3. The molecule has 28 heavy (non-hydrogen) atoms. The lowest BCUT2D eigenvalue weighted by atomic mass is 9.98. The van der Waals surface area contributed by atoms with Gasteiger partial charge >= 0.3 is 0 Å². The van der Waals surface area contributed by atoms with Crippen LogP contribution in [0, 0.1) is 0 Å². The fourth-order valence-corrected chi connectivity index (χ4v) is 3.61. The molecule has 1 aromatic carbocycles. The van der Waals surface area contributed by atoms with Crippen LogP contribution in [0.1, 0.15) is 46.6 Å². The van der Waals surface area contributed by atoms with Gasteiger partial charge in [0.15, 0.2) is 11.7 Å². The fraction of sp³-hybridized carbons (Fsp3) is 0.381. The summed E-state index contributed by atoms with van der Waals surface area (Å²) in [4.78, 5) is 23.3. The van der Waals surface area contributed by atoms with Gasteiger partial charge in [-0.1, -0.05) is 12.1 Å². The highest BCUT2D eigenvalue weighted by molar-refractivity contribution is 5.90. The zero-order chi connectivity index (χ0) is 19.5. The van der Waals surface area contributed by atoms with Crippen LogP contribution in [-0.4, -0.2) is 45.5 Å². The van der Waals surface area contributed by atoms with Gasteiger partial charge in [0, 0.05) is 39.0 Å². The van der Waals surface area contributed by atoms with Crippen molar-refractivity contribution in [2.24, 2.45) is 7.05 Å². The Balaban J connectivity index is 1.42. The molecule has 146 valence electrons. The topological polar surface area (TPSA) is 73.4 Å². The van der Waals surface area contributed by atoms with Gasteiger partial charge in [-0.25, -0.2) is 9.97 Å². The Morgan fingerprint density at radius 1 is 1.29 bits per heavy atom. The molecule has 1 unspecified atom stereocenters. The van der Waals surface area contributed by atoms with E-state index < -0.39 is 0 Å². The van der Waals surface area contributed by atoms with Crippen LogP contribution in [0.2, 0.25) is 0 Å². The predicted octanol–water partition coefficient (Wildman–Crippen LogP) is 3.03. The molecule has 0 bridgehead atoms.